The van der Waals surface area contributed by atoms with Gasteiger partial charge in [-0.3, -0.25) is 9.69 Å². The highest BCUT2D eigenvalue weighted by molar-refractivity contribution is 6.31. The summed E-state index contributed by atoms with van der Waals surface area (Å²) in [6, 6.07) is 10.8. The molecule has 0 aromatic heterocycles. The van der Waals surface area contributed by atoms with Crippen molar-refractivity contribution in [3.8, 4) is 0 Å². The molecule has 3 rings (SSSR count). The molecule has 1 heterocycles. The van der Waals surface area contributed by atoms with Gasteiger partial charge in [-0.05, 0) is 37.1 Å². The second kappa shape index (κ2) is 5.91. The zero-order valence-corrected chi connectivity index (χ0v) is 14.0. The molecule has 0 unspecified atom stereocenters. The largest absolute Gasteiger partial charge is 0.325 e. The van der Waals surface area contributed by atoms with E-state index in [2.05, 4.69) is 5.32 Å². The molecule has 6 heteroatoms. The van der Waals surface area contributed by atoms with Crippen molar-refractivity contribution in [3.05, 3.63) is 70.0 Å². The van der Waals surface area contributed by atoms with Crippen LogP contribution in [0.15, 0.2) is 42.5 Å². The molecule has 0 aliphatic carbocycles. The van der Waals surface area contributed by atoms with E-state index < -0.39 is 17.4 Å². The molecule has 24 heavy (non-hydrogen) atoms. The average molecular weight is 347 g/mol. The summed E-state index contributed by atoms with van der Waals surface area (Å²) >= 11 is 6.00. The van der Waals surface area contributed by atoms with Crippen molar-refractivity contribution in [2.45, 2.75) is 25.9 Å². The van der Waals surface area contributed by atoms with Gasteiger partial charge in [-0.1, -0.05) is 47.5 Å². The van der Waals surface area contributed by atoms with Gasteiger partial charge in [0.25, 0.3) is 5.91 Å². The van der Waals surface area contributed by atoms with Crippen LogP contribution in [-0.4, -0.2) is 16.8 Å². The SMILES string of the molecule is Cc1ccc([C@@]2(C)NC(=O)N(Cc3ccc(F)cc3Cl)C2=O)cc1. The summed E-state index contributed by atoms with van der Waals surface area (Å²) in [5.41, 5.74) is 1.15. The smallest absolute Gasteiger partial charge is 0.319 e. The number of rotatable bonds is 3. The standard InChI is InChI=1S/C18H16ClFN2O2/c1-11-3-6-13(7-4-11)18(2)16(23)22(17(24)21-18)10-12-5-8-14(20)9-15(12)19/h3-9H,10H2,1-2H3,(H,21,24)/t18-/m1/s1. The number of carbonyl (C=O) groups is 2. The number of aryl methyl sites for hydroxylation is 1. The Labute approximate surface area is 144 Å². The highest BCUT2D eigenvalue weighted by atomic mass is 35.5. The van der Waals surface area contributed by atoms with E-state index in [0.29, 0.717) is 11.1 Å². The molecule has 1 aliphatic rings. The number of hydrogen-bond donors (Lipinski definition) is 1. The third-order valence-electron chi connectivity index (χ3n) is 4.25. The first kappa shape index (κ1) is 16.5. The zero-order valence-electron chi connectivity index (χ0n) is 13.3. The fourth-order valence-electron chi connectivity index (χ4n) is 2.74. The van der Waals surface area contributed by atoms with Crippen LogP contribution in [0.3, 0.4) is 0 Å². The van der Waals surface area contributed by atoms with Gasteiger partial charge in [0.15, 0.2) is 0 Å². The van der Waals surface area contributed by atoms with Crippen LogP contribution in [0.25, 0.3) is 0 Å². The first-order chi connectivity index (χ1) is 11.3. The number of amides is 3. The molecule has 0 bridgehead atoms. The van der Waals surface area contributed by atoms with Gasteiger partial charge in [0.05, 0.1) is 6.54 Å². The first-order valence-corrected chi connectivity index (χ1v) is 7.84. The quantitative estimate of drug-likeness (QED) is 0.860. The average Bonchev–Trinajstić information content (AvgIpc) is 2.74. The molecule has 1 fully saturated rings. The maximum atomic E-state index is 13.1. The fourth-order valence-corrected chi connectivity index (χ4v) is 2.97. The lowest BCUT2D eigenvalue weighted by Gasteiger charge is -2.22. The van der Waals surface area contributed by atoms with Crippen molar-refractivity contribution in [2.24, 2.45) is 0 Å². The van der Waals surface area contributed by atoms with Crippen molar-refractivity contribution < 1.29 is 14.0 Å². The van der Waals surface area contributed by atoms with E-state index in [-0.39, 0.29) is 17.5 Å². The first-order valence-electron chi connectivity index (χ1n) is 7.46. The monoisotopic (exact) mass is 346 g/mol. The van der Waals surface area contributed by atoms with Crippen LogP contribution in [0.1, 0.15) is 23.6 Å². The number of halogens is 2. The van der Waals surface area contributed by atoms with Crippen LogP contribution in [0.4, 0.5) is 9.18 Å². The van der Waals surface area contributed by atoms with Gasteiger partial charge in [0, 0.05) is 5.02 Å². The minimum Gasteiger partial charge on any atom is -0.319 e. The molecule has 1 atom stereocenters. The van der Waals surface area contributed by atoms with Gasteiger partial charge < -0.3 is 5.32 Å². The Balaban J connectivity index is 1.90. The molecular formula is C18H16ClFN2O2. The van der Waals surface area contributed by atoms with Crippen molar-refractivity contribution in [1.82, 2.24) is 10.2 Å². The van der Waals surface area contributed by atoms with E-state index >= 15 is 0 Å². The molecule has 0 saturated carbocycles. The maximum absolute atomic E-state index is 13.1. The van der Waals surface area contributed by atoms with E-state index in [1.54, 1.807) is 6.92 Å². The minimum absolute atomic E-state index is 0.00870. The van der Waals surface area contributed by atoms with Crippen LogP contribution < -0.4 is 5.32 Å². The highest BCUT2D eigenvalue weighted by Crippen LogP contribution is 2.31. The molecular weight excluding hydrogens is 331 g/mol. The van der Waals surface area contributed by atoms with E-state index in [4.69, 9.17) is 11.6 Å². The van der Waals surface area contributed by atoms with Gasteiger partial charge in [0.1, 0.15) is 11.4 Å². The highest BCUT2D eigenvalue weighted by Gasteiger charge is 2.48. The Bertz CT molecular complexity index is 822. The Kier molecular flexibility index (Phi) is 4.05. The van der Waals surface area contributed by atoms with Crippen molar-refractivity contribution in [2.75, 3.05) is 0 Å². The van der Waals surface area contributed by atoms with E-state index in [1.807, 2.05) is 31.2 Å². The molecule has 3 amide bonds. The predicted molar refractivity (Wildman–Crippen MR) is 89.0 cm³/mol. The lowest BCUT2D eigenvalue weighted by atomic mass is 9.91. The lowest BCUT2D eigenvalue weighted by Crippen LogP contribution is -2.40. The normalized spacial score (nSPS) is 20.4. The minimum atomic E-state index is -1.13. The van der Waals surface area contributed by atoms with Crippen molar-refractivity contribution in [3.63, 3.8) is 0 Å². The van der Waals surface area contributed by atoms with Gasteiger partial charge in [-0.25, -0.2) is 9.18 Å². The zero-order chi connectivity index (χ0) is 17.5. The summed E-state index contributed by atoms with van der Waals surface area (Å²) in [6.45, 7) is 3.61. The maximum Gasteiger partial charge on any atom is 0.325 e. The Morgan fingerprint density at radius 3 is 2.46 bits per heavy atom. The second-order valence-corrected chi connectivity index (χ2v) is 6.46. The summed E-state index contributed by atoms with van der Waals surface area (Å²) in [5, 5.41) is 2.92. The second-order valence-electron chi connectivity index (χ2n) is 6.05. The van der Waals surface area contributed by atoms with Crippen LogP contribution in [0.5, 0.6) is 0 Å². The topological polar surface area (TPSA) is 49.4 Å². The number of hydrogen-bond acceptors (Lipinski definition) is 2. The van der Waals surface area contributed by atoms with Gasteiger partial charge in [-0.2, -0.15) is 0 Å². The molecule has 1 N–H and O–H groups in total. The van der Waals surface area contributed by atoms with Gasteiger partial charge >= 0.3 is 6.03 Å². The van der Waals surface area contributed by atoms with Crippen LogP contribution >= 0.6 is 11.6 Å². The predicted octanol–water partition coefficient (Wildman–Crippen LogP) is 3.75. The van der Waals surface area contributed by atoms with Gasteiger partial charge in [-0.15, -0.1) is 0 Å². The Hall–Kier alpha value is -2.40. The summed E-state index contributed by atoms with van der Waals surface area (Å²) in [7, 11) is 0. The third kappa shape index (κ3) is 2.76. The van der Waals surface area contributed by atoms with E-state index in [9.17, 15) is 14.0 Å². The van der Waals surface area contributed by atoms with E-state index in [0.717, 1.165) is 16.5 Å². The lowest BCUT2D eigenvalue weighted by molar-refractivity contribution is -0.131. The van der Waals surface area contributed by atoms with Crippen LogP contribution in [0, 0.1) is 12.7 Å². The molecule has 124 valence electrons. The molecule has 0 spiro atoms. The summed E-state index contributed by atoms with van der Waals surface area (Å²) < 4.78 is 13.1. The molecule has 2 aromatic carbocycles. The fraction of sp³-hybridized carbons (Fsp3) is 0.222. The molecule has 1 saturated heterocycles. The van der Waals surface area contributed by atoms with Crippen molar-refractivity contribution in [1.29, 1.82) is 0 Å². The van der Waals surface area contributed by atoms with Gasteiger partial charge in [0.2, 0.25) is 0 Å². The molecule has 4 nitrogen and oxygen atoms in total. The number of nitrogens with one attached hydrogen (secondary N) is 1. The Morgan fingerprint density at radius 1 is 1.17 bits per heavy atom. The number of benzene rings is 2. The van der Waals surface area contributed by atoms with Crippen molar-refractivity contribution >= 4 is 23.5 Å². The third-order valence-corrected chi connectivity index (χ3v) is 4.60. The molecule has 1 aliphatic heterocycles. The van der Waals surface area contributed by atoms with Crippen LogP contribution in [0.2, 0.25) is 5.02 Å². The number of imide groups is 1. The summed E-state index contributed by atoms with van der Waals surface area (Å²) in [6.07, 6.45) is 0. The summed E-state index contributed by atoms with van der Waals surface area (Å²) in [4.78, 5) is 26.2. The molecule has 0 radical (unpaired) electrons. The number of nitrogens with zero attached hydrogens (tertiary/aromatic N) is 1. The van der Waals surface area contributed by atoms with E-state index in [1.165, 1.54) is 12.1 Å². The number of carbonyl (C=O) groups excluding carboxylic acids is 2. The molecule has 2 aromatic rings. The number of urea groups is 1. The summed E-state index contributed by atoms with van der Waals surface area (Å²) in [5.74, 6) is -0.831. The Morgan fingerprint density at radius 2 is 1.83 bits per heavy atom. The van der Waals surface area contributed by atoms with Crippen LogP contribution in [-0.2, 0) is 16.9 Å².